The smallest absolute Gasteiger partial charge is 0.379 e. The van der Waals surface area contributed by atoms with Crippen LogP contribution in [0, 0.1) is 5.41 Å². The first-order chi connectivity index (χ1) is 11.1. The van der Waals surface area contributed by atoms with Crippen molar-refractivity contribution in [1.29, 1.82) is 5.41 Å². The van der Waals surface area contributed by atoms with Crippen LogP contribution < -0.4 is 15.2 Å². The molecule has 3 aromatic rings. The van der Waals surface area contributed by atoms with E-state index in [0.717, 1.165) is 10.8 Å². The number of carbonyl (C=O) groups excluding carboxylic acids is 1. The maximum Gasteiger partial charge on any atom is 0.379 e. The zero-order valence-electron chi connectivity index (χ0n) is 12.3. The lowest BCUT2D eigenvalue weighted by Gasteiger charge is -2.06. The number of hydrogen-bond donors (Lipinski definition) is 2. The Morgan fingerprint density at radius 1 is 1.09 bits per heavy atom. The molecule has 2 aromatic carbocycles. The van der Waals surface area contributed by atoms with Crippen LogP contribution in [0.2, 0.25) is 0 Å². The molecule has 0 atom stereocenters. The van der Waals surface area contributed by atoms with E-state index in [1.807, 2.05) is 6.07 Å². The molecule has 23 heavy (non-hydrogen) atoms. The highest BCUT2D eigenvalue weighted by Crippen LogP contribution is 2.23. The van der Waals surface area contributed by atoms with Gasteiger partial charge in [0.15, 0.2) is 0 Å². The molecule has 1 aromatic heterocycles. The number of carbonyl (C=O) groups is 1. The number of rotatable bonds is 4. The Balaban J connectivity index is 1.84. The summed E-state index contributed by atoms with van der Waals surface area (Å²) in [7, 11) is 1.45. The third-order valence-corrected chi connectivity index (χ3v) is 3.32. The highest BCUT2D eigenvalue weighted by atomic mass is 16.6. The first-order valence-electron chi connectivity index (χ1n) is 6.81. The fraction of sp³-hybridized carbons (Fsp3) is 0.0588. The minimum atomic E-state index is -0.604. The second-order valence-electron chi connectivity index (χ2n) is 4.85. The van der Waals surface area contributed by atoms with Gasteiger partial charge in [0.2, 0.25) is 5.76 Å². The predicted molar refractivity (Wildman–Crippen MR) is 85.2 cm³/mol. The van der Waals surface area contributed by atoms with Crippen molar-refractivity contribution >= 4 is 22.6 Å². The average molecular weight is 310 g/mol. The number of esters is 1. The number of benzene rings is 2. The lowest BCUT2D eigenvalue weighted by molar-refractivity contribution is 0.0695. The zero-order valence-corrected chi connectivity index (χ0v) is 12.3. The van der Waals surface area contributed by atoms with E-state index in [-0.39, 0.29) is 17.5 Å². The minimum absolute atomic E-state index is 0.00849. The van der Waals surface area contributed by atoms with Crippen LogP contribution >= 0.6 is 0 Å². The van der Waals surface area contributed by atoms with Crippen LogP contribution in [0.25, 0.3) is 10.8 Å². The van der Waals surface area contributed by atoms with Gasteiger partial charge in [-0.1, -0.05) is 18.2 Å². The molecule has 6 nitrogen and oxygen atoms in total. The second kappa shape index (κ2) is 5.84. The maximum atomic E-state index is 12.0. The molecule has 0 amide bonds. The SMILES string of the molecule is COc1ccc(C(=O)Oc2ccc3cc(C(=N)N)ccc3c2)o1. The van der Waals surface area contributed by atoms with Crippen LogP contribution in [0.15, 0.2) is 52.9 Å². The molecule has 0 fully saturated rings. The fourth-order valence-electron chi connectivity index (χ4n) is 2.15. The number of amidine groups is 1. The molecule has 0 bridgehead atoms. The summed E-state index contributed by atoms with van der Waals surface area (Å²) >= 11 is 0. The first-order valence-corrected chi connectivity index (χ1v) is 6.81. The molecular weight excluding hydrogens is 296 g/mol. The third-order valence-electron chi connectivity index (χ3n) is 3.32. The summed E-state index contributed by atoms with van der Waals surface area (Å²) in [5.41, 5.74) is 6.12. The summed E-state index contributed by atoms with van der Waals surface area (Å²) in [6.45, 7) is 0. The van der Waals surface area contributed by atoms with Crippen molar-refractivity contribution in [3.8, 4) is 11.7 Å². The largest absolute Gasteiger partial charge is 0.468 e. The number of hydrogen-bond acceptors (Lipinski definition) is 5. The number of nitrogens with one attached hydrogen (secondary N) is 1. The lowest BCUT2D eigenvalue weighted by Crippen LogP contribution is -2.10. The number of methoxy groups -OCH3 is 1. The minimum Gasteiger partial charge on any atom is -0.468 e. The molecule has 0 aliphatic carbocycles. The van der Waals surface area contributed by atoms with E-state index in [1.165, 1.54) is 13.2 Å². The molecule has 0 saturated heterocycles. The van der Waals surface area contributed by atoms with Gasteiger partial charge in [-0.2, -0.15) is 0 Å². The fourth-order valence-corrected chi connectivity index (χ4v) is 2.15. The van der Waals surface area contributed by atoms with Gasteiger partial charge >= 0.3 is 5.97 Å². The molecular formula is C17H14N2O4. The second-order valence-corrected chi connectivity index (χ2v) is 4.85. The standard InChI is InChI=1S/C17H14N2O4/c1-21-15-7-6-14(23-15)17(20)22-13-5-4-10-8-12(16(18)19)3-2-11(10)9-13/h2-9H,1H3,(H3,18,19). The summed E-state index contributed by atoms with van der Waals surface area (Å²) in [4.78, 5) is 12.0. The topological polar surface area (TPSA) is 98.5 Å². The van der Waals surface area contributed by atoms with Crippen molar-refractivity contribution in [2.45, 2.75) is 0 Å². The van der Waals surface area contributed by atoms with Gasteiger partial charge in [0, 0.05) is 11.6 Å². The van der Waals surface area contributed by atoms with Crippen molar-refractivity contribution in [3.05, 3.63) is 59.9 Å². The Bertz CT molecular complexity index is 898. The van der Waals surface area contributed by atoms with E-state index in [0.29, 0.717) is 11.3 Å². The molecule has 1 heterocycles. The molecule has 0 aliphatic heterocycles. The lowest BCUT2D eigenvalue weighted by atomic mass is 10.1. The highest BCUT2D eigenvalue weighted by Gasteiger charge is 2.14. The van der Waals surface area contributed by atoms with Crippen LogP contribution in [-0.2, 0) is 0 Å². The number of ether oxygens (including phenoxy) is 2. The normalized spacial score (nSPS) is 10.5. The van der Waals surface area contributed by atoms with Gasteiger partial charge in [0.1, 0.15) is 11.6 Å². The van der Waals surface area contributed by atoms with Crippen molar-refractivity contribution in [2.75, 3.05) is 7.11 Å². The van der Waals surface area contributed by atoms with Gasteiger partial charge in [-0.25, -0.2) is 4.79 Å². The number of furan rings is 1. The van der Waals surface area contributed by atoms with E-state index in [1.54, 1.807) is 36.4 Å². The molecule has 0 saturated carbocycles. The van der Waals surface area contributed by atoms with Gasteiger partial charge in [-0.3, -0.25) is 5.41 Å². The van der Waals surface area contributed by atoms with Crippen LogP contribution in [0.4, 0.5) is 0 Å². The number of nitrogens with two attached hydrogens (primary N) is 1. The quantitative estimate of drug-likeness (QED) is 0.334. The van der Waals surface area contributed by atoms with Gasteiger partial charge in [-0.15, -0.1) is 0 Å². The van der Waals surface area contributed by atoms with E-state index >= 15 is 0 Å². The summed E-state index contributed by atoms with van der Waals surface area (Å²) in [6.07, 6.45) is 0. The Hall–Kier alpha value is -3.28. The first kappa shape index (κ1) is 14.6. The molecule has 0 aliphatic rings. The molecule has 6 heteroatoms. The zero-order chi connectivity index (χ0) is 16.4. The molecule has 0 radical (unpaired) electrons. The van der Waals surface area contributed by atoms with E-state index in [4.69, 9.17) is 25.0 Å². The maximum absolute atomic E-state index is 12.0. The van der Waals surface area contributed by atoms with Crippen LogP contribution in [0.3, 0.4) is 0 Å². The van der Waals surface area contributed by atoms with Crippen LogP contribution in [-0.4, -0.2) is 18.9 Å². The number of fused-ring (bicyclic) bond motifs is 1. The van der Waals surface area contributed by atoms with Crippen molar-refractivity contribution in [2.24, 2.45) is 5.73 Å². The number of nitrogen functional groups attached to an aromatic ring is 1. The third kappa shape index (κ3) is 3.01. The highest BCUT2D eigenvalue weighted by molar-refractivity contribution is 5.99. The van der Waals surface area contributed by atoms with Gasteiger partial charge in [0.25, 0.3) is 5.95 Å². The van der Waals surface area contributed by atoms with Gasteiger partial charge < -0.3 is 19.6 Å². The summed E-state index contributed by atoms with van der Waals surface area (Å²) in [5.74, 6) is 0.108. The monoisotopic (exact) mass is 310 g/mol. The predicted octanol–water partition coefficient (Wildman–Crippen LogP) is 2.94. The van der Waals surface area contributed by atoms with Crippen LogP contribution in [0.1, 0.15) is 16.1 Å². The Morgan fingerprint density at radius 3 is 2.52 bits per heavy atom. The Morgan fingerprint density at radius 2 is 1.83 bits per heavy atom. The van der Waals surface area contributed by atoms with E-state index in [2.05, 4.69) is 0 Å². The molecule has 3 rings (SSSR count). The Kier molecular flexibility index (Phi) is 3.72. The molecule has 3 N–H and O–H groups in total. The van der Waals surface area contributed by atoms with Crippen molar-refractivity contribution < 1.29 is 18.7 Å². The molecule has 0 unspecified atom stereocenters. The van der Waals surface area contributed by atoms with Crippen molar-refractivity contribution in [3.63, 3.8) is 0 Å². The van der Waals surface area contributed by atoms with Gasteiger partial charge in [-0.05, 0) is 35.0 Å². The average Bonchev–Trinajstić information content (AvgIpc) is 3.03. The summed E-state index contributed by atoms with van der Waals surface area (Å²) in [5, 5.41) is 9.22. The van der Waals surface area contributed by atoms with E-state index in [9.17, 15) is 4.79 Å². The summed E-state index contributed by atoms with van der Waals surface area (Å²) < 4.78 is 15.3. The Labute approximate surface area is 131 Å². The van der Waals surface area contributed by atoms with E-state index < -0.39 is 5.97 Å². The molecule has 116 valence electrons. The van der Waals surface area contributed by atoms with Crippen molar-refractivity contribution in [1.82, 2.24) is 0 Å². The summed E-state index contributed by atoms with van der Waals surface area (Å²) in [6, 6.07) is 13.6. The van der Waals surface area contributed by atoms with Crippen LogP contribution in [0.5, 0.6) is 11.7 Å². The molecule has 0 spiro atoms. The van der Waals surface area contributed by atoms with Gasteiger partial charge in [0.05, 0.1) is 7.11 Å².